The molecule has 8 heterocycles. The lowest BCUT2D eigenvalue weighted by Gasteiger charge is -2.45. The number of H-pyrrole nitrogens is 1. The molecule has 350 valence electrons. The topological polar surface area (TPSA) is 165 Å². The Kier molecular flexibility index (Phi) is 9.19. The first-order chi connectivity index (χ1) is 32.5. The zero-order valence-electron chi connectivity index (χ0n) is 38.1. The highest BCUT2D eigenvalue weighted by Gasteiger charge is 2.59. The molecule has 19 heteroatoms. The number of ether oxygens (including phenoxy) is 2. The largest absolute Gasteiger partial charge is 0.438 e. The highest BCUT2D eigenvalue weighted by molar-refractivity contribution is 6.00. The average molecular weight is 929 g/mol. The molecule has 3 fully saturated rings. The fourth-order valence-corrected chi connectivity index (χ4v) is 11.5. The van der Waals surface area contributed by atoms with Crippen LogP contribution < -0.4 is 11.4 Å². The van der Waals surface area contributed by atoms with Gasteiger partial charge in [-0.2, -0.15) is 10.2 Å². The molecule has 0 unspecified atom stereocenters. The van der Waals surface area contributed by atoms with Crippen LogP contribution in [0, 0.1) is 37.2 Å². The molecule has 8 aromatic rings. The number of aromatic nitrogens is 9. The minimum Gasteiger partial charge on any atom is -0.377 e. The molecular weight excluding hydrogens is 882 g/mol. The van der Waals surface area contributed by atoms with E-state index in [0.717, 1.165) is 39.9 Å². The van der Waals surface area contributed by atoms with Crippen LogP contribution in [0.3, 0.4) is 0 Å². The lowest BCUT2D eigenvalue weighted by atomic mass is 9.83. The van der Waals surface area contributed by atoms with Crippen LogP contribution in [0.5, 0.6) is 0 Å². The van der Waals surface area contributed by atoms with Gasteiger partial charge in [0.1, 0.15) is 28.4 Å². The second kappa shape index (κ2) is 14.8. The number of nitrogens with zero attached hydrogens (tertiary/aromatic N) is 9. The fourth-order valence-electron chi connectivity index (χ4n) is 11.5. The first-order valence-corrected chi connectivity index (χ1v) is 22.8. The quantitative estimate of drug-likeness (QED) is 0.178. The minimum absolute atomic E-state index is 0.0322. The average Bonchev–Trinajstić information content (AvgIpc) is 3.93. The van der Waals surface area contributed by atoms with Crippen LogP contribution >= 0.6 is 0 Å². The van der Waals surface area contributed by atoms with Gasteiger partial charge in [0.15, 0.2) is 17.5 Å². The van der Waals surface area contributed by atoms with E-state index in [1.807, 2.05) is 23.6 Å². The monoisotopic (exact) mass is 928 g/mol. The molecular formula is C49H47F3N10O6. The van der Waals surface area contributed by atoms with Gasteiger partial charge in [-0.15, -0.1) is 0 Å². The predicted octanol–water partition coefficient (Wildman–Crippen LogP) is 6.96. The van der Waals surface area contributed by atoms with Crippen molar-refractivity contribution in [1.82, 2.24) is 48.3 Å². The number of fused-ring (bicyclic) bond motifs is 6. The fraction of sp³-hybridized carbons (Fsp3) is 0.388. The van der Waals surface area contributed by atoms with Crippen molar-refractivity contribution < 1.29 is 32.0 Å². The first kappa shape index (κ1) is 42.4. The van der Waals surface area contributed by atoms with Gasteiger partial charge >= 0.3 is 11.4 Å². The van der Waals surface area contributed by atoms with Crippen molar-refractivity contribution in [3.8, 4) is 17.2 Å². The summed E-state index contributed by atoms with van der Waals surface area (Å²) in [6.07, 6.45) is 6.48. The maximum atomic E-state index is 16.2. The van der Waals surface area contributed by atoms with Crippen molar-refractivity contribution in [2.75, 3.05) is 19.8 Å². The predicted molar refractivity (Wildman–Crippen MR) is 241 cm³/mol. The SMILES string of the molecule is Cc1cc(-n2nc3c(c2-n2ccn(-c4cc(F)c5c(cnn5C)c4F)c2=O)[C@@H]2COC[C@H](C3)N2C(=O)c2cc3cc([C@H]4CCOC(C)(C)C4)ccc3n2[C@@]2(c3noc(=O)[nH]3)C[C@@H]2C)cc(C)c1F. The van der Waals surface area contributed by atoms with Gasteiger partial charge < -0.3 is 18.9 Å². The number of aromatic amines is 1. The number of morpholine rings is 1. The molecule has 4 aliphatic rings. The van der Waals surface area contributed by atoms with Gasteiger partial charge in [-0.1, -0.05) is 18.1 Å². The van der Waals surface area contributed by atoms with Crippen molar-refractivity contribution >= 4 is 27.7 Å². The Morgan fingerprint density at radius 2 is 1.72 bits per heavy atom. The zero-order valence-corrected chi connectivity index (χ0v) is 38.1. The van der Waals surface area contributed by atoms with Gasteiger partial charge in [-0.25, -0.2) is 27.4 Å². The van der Waals surface area contributed by atoms with Gasteiger partial charge in [-0.05, 0) is 106 Å². The lowest BCUT2D eigenvalue weighted by molar-refractivity contribution is -0.0592. The van der Waals surface area contributed by atoms with Crippen LogP contribution in [0.15, 0.2) is 75.2 Å². The van der Waals surface area contributed by atoms with Crippen LogP contribution in [0.4, 0.5) is 13.2 Å². The van der Waals surface area contributed by atoms with Crippen LogP contribution in [0.2, 0.25) is 0 Å². The molecule has 5 aromatic heterocycles. The van der Waals surface area contributed by atoms with Gasteiger partial charge in [0.2, 0.25) is 0 Å². The second-order valence-electron chi connectivity index (χ2n) is 19.6. The molecule has 2 saturated heterocycles. The van der Waals surface area contributed by atoms with Crippen LogP contribution in [0.25, 0.3) is 39.0 Å². The van der Waals surface area contributed by atoms with Crippen LogP contribution in [-0.4, -0.2) is 85.7 Å². The van der Waals surface area contributed by atoms with E-state index < -0.39 is 46.5 Å². The number of benzene rings is 3. The van der Waals surface area contributed by atoms with E-state index in [2.05, 4.69) is 41.2 Å². The standard InChI is InChI=1S/C49H47F3N10O6/c1-24-13-30(14-25(2)40(24)51)62-43(59-11-10-58(47(59)65)36-18-33(50)42-32(41(36)52)21-53-57(42)6)39-34(55-62)17-31-22-66-23-38(39)60(31)44(63)37-16-29-15-27(28-9-12-67-48(4,5)20-28)7-8-35(29)61(37)49(19-26(49)3)45-54-46(64)68-56-45/h7-8,10-11,13-16,18,21,26,28,31,38H,9,12,17,19-20,22-23H2,1-6H3,(H,54,56,64)/t26-,28-,31-,38-,49-/m0/s1. The number of aryl methyl sites for hydroxylation is 3. The Morgan fingerprint density at radius 3 is 2.44 bits per heavy atom. The summed E-state index contributed by atoms with van der Waals surface area (Å²) >= 11 is 0. The Hall–Kier alpha value is -6.99. The number of carbonyl (C=O) groups is 1. The zero-order chi connectivity index (χ0) is 47.3. The van der Waals surface area contributed by atoms with Crippen LogP contribution in [0.1, 0.15) is 96.3 Å². The molecule has 3 aliphatic heterocycles. The maximum absolute atomic E-state index is 16.2. The van der Waals surface area contributed by atoms with E-state index in [0.29, 0.717) is 52.6 Å². The molecule has 1 amide bonds. The highest BCUT2D eigenvalue weighted by atomic mass is 19.1. The van der Waals surface area contributed by atoms with Crippen LogP contribution in [-0.2, 0) is 28.5 Å². The summed E-state index contributed by atoms with van der Waals surface area (Å²) in [5, 5.41) is 14.0. The van der Waals surface area contributed by atoms with Gasteiger partial charge in [0.25, 0.3) is 5.91 Å². The van der Waals surface area contributed by atoms with Crippen molar-refractivity contribution in [3.63, 3.8) is 0 Å². The molecule has 1 N–H and O–H groups in total. The normalized spacial score (nSPS) is 23.2. The summed E-state index contributed by atoms with van der Waals surface area (Å²) in [7, 11) is 1.50. The van der Waals surface area contributed by atoms with Gasteiger partial charge in [-0.3, -0.25) is 28.1 Å². The number of hydrogen-bond acceptors (Lipinski definition) is 9. The number of carbonyl (C=O) groups excluding carboxylic acids is 1. The van der Waals surface area contributed by atoms with Crippen molar-refractivity contribution in [2.45, 2.75) is 89.4 Å². The van der Waals surface area contributed by atoms with E-state index in [-0.39, 0.29) is 65.4 Å². The Balaban J connectivity index is 1.04. The Bertz CT molecular complexity index is 3530. The summed E-state index contributed by atoms with van der Waals surface area (Å²) < 4.78 is 71.5. The summed E-state index contributed by atoms with van der Waals surface area (Å²) in [5.41, 5.74) is 2.18. The van der Waals surface area contributed by atoms with E-state index in [1.54, 1.807) is 35.6 Å². The molecule has 16 nitrogen and oxygen atoms in total. The summed E-state index contributed by atoms with van der Waals surface area (Å²) in [6, 6.07) is 11.1. The number of hydrogen-bond donors (Lipinski definition) is 1. The first-order valence-electron chi connectivity index (χ1n) is 22.8. The third-order valence-electron chi connectivity index (χ3n) is 14.8. The third-order valence-corrected chi connectivity index (χ3v) is 14.8. The minimum atomic E-state index is -0.911. The number of halogens is 3. The van der Waals surface area contributed by atoms with Gasteiger partial charge in [0.05, 0.1) is 59.6 Å². The summed E-state index contributed by atoms with van der Waals surface area (Å²) in [5.74, 6) is -2.29. The van der Waals surface area contributed by atoms with E-state index in [9.17, 15) is 9.59 Å². The second-order valence-corrected chi connectivity index (χ2v) is 19.6. The Morgan fingerprint density at radius 1 is 0.956 bits per heavy atom. The molecule has 0 spiro atoms. The molecule has 68 heavy (non-hydrogen) atoms. The molecule has 5 atom stereocenters. The number of rotatable bonds is 7. The Labute approximate surface area is 385 Å². The number of imidazole rings is 1. The summed E-state index contributed by atoms with van der Waals surface area (Å²) in [4.78, 5) is 47.8. The smallest absolute Gasteiger partial charge is 0.377 e. The molecule has 2 bridgehead atoms. The van der Waals surface area contributed by atoms with Gasteiger partial charge in [0, 0.05) is 55.0 Å². The van der Waals surface area contributed by atoms with Crippen molar-refractivity contribution in [1.29, 1.82) is 0 Å². The molecule has 1 aliphatic carbocycles. The van der Waals surface area contributed by atoms with E-state index >= 15 is 18.0 Å². The number of amides is 1. The lowest BCUT2D eigenvalue weighted by Crippen LogP contribution is -2.55. The molecule has 1 saturated carbocycles. The van der Waals surface area contributed by atoms with Crippen molar-refractivity contribution in [2.24, 2.45) is 13.0 Å². The molecule has 3 aromatic carbocycles. The van der Waals surface area contributed by atoms with E-state index in [1.165, 1.54) is 34.9 Å². The van der Waals surface area contributed by atoms with Crippen molar-refractivity contribution in [3.05, 3.63) is 139 Å². The molecule has 0 radical (unpaired) electrons. The van der Waals surface area contributed by atoms with E-state index in [4.69, 9.17) is 19.1 Å². The summed E-state index contributed by atoms with van der Waals surface area (Å²) in [6.45, 7) is 10.4. The maximum Gasteiger partial charge on any atom is 0.438 e. The highest BCUT2D eigenvalue weighted by Crippen LogP contribution is 2.56. The number of nitrogens with one attached hydrogen (secondary N) is 1. The third kappa shape index (κ3) is 6.13. The molecule has 12 rings (SSSR count).